The minimum absolute atomic E-state index is 0.0538. The summed E-state index contributed by atoms with van der Waals surface area (Å²) in [5.41, 5.74) is -2.89. The van der Waals surface area contributed by atoms with E-state index in [4.69, 9.17) is 14.2 Å². The van der Waals surface area contributed by atoms with E-state index in [-0.39, 0.29) is 24.1 Å². The van der Waals surface area contributed by atoms with Crippen LogP contribution in [0.3, 0.4) is 0 Å². The van der Waals surface area contributed by atoms with E-state index in [9.17, 15) is 35.9 Å². The van der Waals surface area contributed by atoms with Crippen molar-refractivity contribution < 1.29 is 50.1 Å². The Hall–Kier alpha value is -3.34. The lowest BCUT2D eigenvalue weighted by Gasteiger charge is -2.30. The van der Waals surface area contributed by atoms with Gasteiger partial charge in [-0.2, -0.15) is 31.4 Å². The number of aromatic nitrogens is 3. The number of hydrogen-bond donors (Lipinski definition) is 2. The summed E-state index contributed by atoms with van der Waals surface area (Å²) in [4.78, 5) is 30.5. The molecule has 240 valence electrons. The van der Waals surface area contributed by atoms with Gasteiger partial charge in [-0.3, -0.25) is 0 Å². The van der Waals surface area contributed by atoms with Crippen LogP contribution in [0.25, 0.3) is 5.65 Å². The fraction of sp³-hybridized carbons (Fsp3) is 0.692. The van der Waals surface area contributed by atoms with Crippen molar-refractivity contribution in [2.45, 2.75) is 95.2 Å². The number of amides is 3. The maximum Gasteiger partial charge on any atom is 0.416 e. The summed E-state index contributed by atoms with van der Waals surface area (Å²) >= 11 is 0. The summed E-state index contributed by atoms with van der Waals surface area (Å²) in [5, 5.41) is 8.67. The number of nitrogens with one attached hydrogen (secondary N) is 2. The van der Waals surface area contributed by atoms with Crippen LogP contribution in [-0.4, -0.2) is 87.1 Å². The number of fused-ring (bicyclic) bond motifs is 1. The van der Waals surface area contributed by atoms with E-state index in [0.29, 0.717) is 5.56 Å². The fourth-order valence-corrected chi connectivity index (χ4v) is 4.12. The molecule has 3 atom stereocenters. The minimum Gasteiger partial charge on any atom is -0.444 e. The molecule has 0 aromatic carbocycles. The number of alkyl carbamates (subject to hydrolysis) is 1. The van der Waals surface area contributed by atoms with Crippen molar-refractivity contribution in [3.05, 3.63) is 29.7 Å². The number of rotatable bonds is 10. The highest BCUT2D eigenvalue weighted by Crippen LogP contribution is 2.35. The lowest BCUT2D eigenvalue weighted by molar-refractivity contribution is -0.265. The summed E-state index contributed by atoms with van der Waals surface area (Å²) in [5.74, 6) is 0. The standard InChI is InChI=1S/C26H34F6N6O5/c1-23(2,3)43-22(40)35-17(12-42-24(4,5)26(30,31)32)16-10-38-20(34-16)8-14(9-33-38)18(13-41-15-6-7-15)37-11-19(25(27,28)29)36-21(37)39/h8-10,15,17-19H,6-7,11-13H2,1-5H3,(H,35,40)(H,36,39)/t17-,18+,19-/m0/s1. The van der Waals surface area contributed by atoms with Crippen LogP contribution < -0.4 is 10.6 Å². The molecule has 0 unspecified atom stereocenters. The molecule has 17 heteroatoms. The molecule has 1 aliphatic carbocycles. The molecule has 1 aliphatic heterocycles. The van der Waals surface area contributed by atoms with E-state index in [2.05, 4.69) is 15.4 Å². The number of carbonyl (C=O) groups excluding carboxylic acids is 2. The van der Waals surface area contributed by atoms with Crippen molar-refractivity contribution in [1.29, 1.82) is 0 Å². The van der Waals surface area contributed by atoms with Crippen LogP contribution in [-0.2, 0) is 14.2 Å². The van der Waals surface area contributed by atoms with E-state index in [0.717, 1.165) is 31.6 Å². The first kappa shape index (κ1) is 32.6. The van der Waals surface area contributed by atoms with Crippen LogP contribution in [0.4, 0.5) is 35.9 Å². The Kier molecular flexibility index (Phi) is 8.81. The molecular weight excluding hydrogens is 590 g/mol. The highest BCUT2D eigenvalue weighted by atomic mass is 19.4. The van der Waals surface area contributed by atoms with Crippen molar-refractivity contribution in [2.24, 2.45) is 0 Å². The quantitative estimate of drug-likeness (QED) is 0.364. The Balaban J connectivity index is 1.62. The van der Waals surface area contributed by atoms with Crippen molar-refractivity contribution >= 4 is 17.8 Å². The largest absolute Gasteiger partial charge is 0.444 e. The maximum absolute atomic E-state index is 13.4. The zero-order valence-corrected chi connectivity index (χ0v) is 24.2. The van der Waals surface area contributed by atoms with Crippen LogP contribution in [0.1, 0.15) is 70.8 Å². The SMILES string of the molecule is CC(C)(C)OC(=O)N[C@@H](COC(C)(C)C(F)(F)F)c1cn2ncc([C@@H](COC3CC3)N3C[C@@H](C(F)(F)F)NC3=O)cc2n1. The number of alkyl halides is 6. The molecule has 43 heavy (non-hydrogen) atoms. The number of halogens is 6. The third-order valence-electron chi connectivity index (χ3n) is 6.81. The molecule has 0 radical (unpaired) electrons. The van der Waals surface area contributed by atoms with Crippen molar-refractivity contribution in [1.82, 2.24) is 30.1 Å². The van der Waals surface area contributed by atoms with Gasteiger partial charge in [-0.1, -0.05) is 0 Å². The van der Waals surface area contributed by atoms with Crippen LogP contribution in [0.15, 0.2) is 18.5 Å². The normalized spacial score (nSPS) is 19.8. The Morgan fingerprint density at radius 3 is 2.35 bits per heavy atom. The average molecular weight is 625 g/mol. The predicted octanol–water partition coefficient (Wildman–Crippen LogP) is 4.83. The van der Waals surface area contributed by atoms with E-state index >= 15 is 0 Å². The molecule has 2 fully saturated rings. The highest BCUT2D eigenvalue weighted by molar-refractivity contribution is 5.77. The van der Waals surface area contributed by atoms with E-state index in [1.807, 2.05) is 5.32 Å². The number of hydrogen-bond acceptors (Lipinski definition) is 7. The average Bonchev–Trinajstić information content (AvgIpc) is 3.45. The summed E-state index contributed by atoms with van der Waals surface area (Å²) in [6.45, 7) is 5.17. The number of ether oxygens (including phenoxy) is 3. The van der Waals surface area contributed by atoms with Gasteiger partial charge in [0.15, 0.2) is 11.2 Å². The summed E-state index contributed by atoms with van der Waals surface area (Å²) in [6, 6.07) is -3.62. The Morgan fingerprint density at radius 1 is 1.12 bits per heavy atom. The van der Waals surface area contributed by atoms with Crippen LogP contribution in [0.2, 0.25) is 0 Å². The van der Waals surface area contributed by atoms with E-state index in [1.165, 1.54) is 23.0 Å². The van der Waals surface area contributed by atoms with Gasteiger partial charge in [0, 0.05) is 5.56 Å². The third-order valence-corrected chi connectivity index (χ3v) is 6.81. The first-order valence-corrected chi connectivity index (χ1v) is 13.5. The molecule has 2 aromatic heterocycles. The third kappa shape index (κ3) is 8.19. The molecule has 2 N–H and O–H groups in total. The smallest absolute Gasteiger partial charge is 0.416 e. The van der Waals surface area contributed by atoms with Gasteiger partial charge in [0.25, 0.3) is 0 Å². The van der Waals surface area contributed by atoms with Gasteiger partial charge >= 0.3 is 24.5 Å². The fourth-order valence-electron chi connectivity index (χ4n) is 4.12. The van der Waals surface area contributed by atoms with Crippen molar-refractivity contribution in [3.8, 4) is 0 Å². The zero-order chi connectivity index (χ0) is 32.0. The molecule has 2 aliphatic rings. The second-order valence-electron chi connectivity index (χ2n) is 12.0. The predicted molar refractivity (Wildman–Crippen MR) is 138 cm³/mol. The monoisotopic (exact) mass is 624 g/mol. The van der Waals surface area contributed by atoms with E-state index in [1.54, 1.807) is 20.8 Å². The van der Waals surface area contributed by atoms with Gasteiger partial charge in [0.05, 0.1) is 56.0 Å². The van der Waals surface area contributed by atoms with Crippen LogP contribution in [0, 0.1) is 0 Å². The second kappa shape index (κ2) is 11.6. The first-order chi connectivity index (χ1) is 19.7. The molecule has 0 bridgehead atoms. The number of nitrogens with zero attached hydrogens (tertiary/aromatic N) is 4. The van der Waals surface area contributed by atoms with Gasteiger partial charge in [-0.05, 0) is 53.5 Å². The second-order valence-corrected chi connectivity index (χ2v) is 12.0. The Bertz CT molecular complexity index is 1320. The van der Waals surface area contributed by atoms with Gasteiger partial charge in [0.1, 0.15) is 11.6 Å². The molecular formula is C26H34F6N6O5. The molecule has 3 amide bonds. The first-order valence-electron chi connectivity index (χ1n) is 13.5. The van der Waals surface area contributed by atoms with Gasteiger partial charge < -0.3 is 29.7 Å². The molecule has 1 saturated heterocycles. The lowest BCUT2D eigenvalue weighted by atomic mass is 10.1. The molecule has 4 rings (SSSR count). The Morgan fingerprint density at radius 2 is 1.79 bits per heavy atom. The lowest BCUT2D eigenvalue weighted by Crippen LogP contribution is -2.44. The maximum atomic E-state index is 13.4. The highest BCUT2D eigenvalue weighted by Gasteiger charge is 2.50. The molecule has 3 heterocycles. The van der Waals surface area contributed by atoms with Crippen LogP contribution in [0.5, 0.6) is 0 Å². The van der Waals surface area contributed by atoms with Crippen molar-refractivity contribution in [2.75, 3.05) is 19.8 Å². The summed E-state index contributed by atoms with van der Waals surface area (Å²) in [6.07, 6.45) is -6.03. The van der Waals surface area contributed by atoms with Gasteiger partial charge in [0.2, 0.25) is 0 Å². The van der Waals surface area contributed by atoms with Gasteiger partial charge in [-0.15, -0.1) is 0 Å². The number of carbonyl (C=O) groups is 2. The number of urea groups is 1. The summed E-state index contributed by atoms with van der Waals surface area (Å²) < 4.78 is 97.8. The van der Waals surface area contributed by atoms with Crippen LogP contribution >= 0.6 is 0 Å². The van der Waals surface area contributed by atoms with E-state index < -0.39 is 67.0 Å². The molecule has 2 aromatic rings. The Labute approximate surface area is 243 Å². The summed E-state index contributed by atoms with van der Waals surface area (Å²) in [7, 11) is 0. The minimum atomic E-state index is -4.70. The molecule has 1 saturated carbocycles. The molecule has 11 nitrogen and oxygen atoms in total. The molecule has 0 spiro atoms. The zero-order valence-electron chi connectivity index (χ0n) is 24.2. The van der Waals surface area contributed by atoms with Crippen molar-refractivity contribution in [3.63, 3.8) is 0 Å². The topological polar surface area (TPSA) is 119 Å². The number of imidazole rings is 1. The van der Waals surface area contributed by atoms with Gasteiger partial charge in [-0.25, -0.2) is 19.1 Å².